The third kappa shape index (κ3) is 3.35. The molecule has 0 amide bonds. The molecule has 100 valence electrons. The third-order valence-electron chi connectivity index (χ3n) is 3.04. The van der Waals surface area contributed by atoms with E-state index < -0.39 is 0 Å². The predicted octanol–water partition coefficient (Wildman–Crippen LogP) is 4.79. The summed E-state index contributed by atoms with van der Waals surface area (Å²) in [4.78, 5) is 0. The van der Waals surface area contributed by atoms with Gasteiger partial charge in [-0.1, -0.05) is 45.7 Å². The molecule has 0 saturated carbocycles. The lowest BCUT2D eigenvalue weighted by Gasteiger charge is -2.16. The number of rotatable bonds is 3. The topological polar surface area (TPSA) is 26.0 Å². The van der Waals surface area contributed by atoms with Crippen molar-refractivity contribution in [2.75, 3.05) is 0 Å². The molecule has 1 nitrogen and oxygen atoms in total. The van der Waals surface area contributed by atoms with Crippen LogP contribution in [-0.2, 0) is 6.42 Å². The maximum Gasteiger partial charge on any atom is 0.127 e. The van der Waals surface area contributed by atoms with Crippen LogP contribution in [0.15, 0.2) is 40.9 Å². The maximum atomic E-state index is 13.7. The monoisotopic (exact) mass is 341 g/mol. The second kappa shape index (κ2) is 6.04. The van der Waals surface area contributed by atoms with E-state index in [9.17, 15) is 4.39 Å². The van der Waals surface area contributed by atoms with Gasteiger partial charge >= 0.3 is 0 Å². The molecule has 2 rings (SSSR count). The van der Waals surface area contributed by atoms with Crippen LogP contribution in [0.4, 0.5) is 4.39 Å². The molecular weight excluding hydrogens is 329 g/mol. The van der Waals surface area contributed by atoms with Crippen molar-refractivity contribution in [3.8, 4) is 0 Å². The van der Waals surface area contributed by atoms with Crippen molar-refractivity contribution in [3.63, 3.8) is 0 Å². The van der Waals surface area contributed by atoms with Crippen molar-refractivity contribution in [3.05, 3.63) is 68.4 Å². The van der Waals surface area contributed by atoms with Crippen LogP contribution in [0, 0.1) is 12.7 Å². The van der Waals surface area contributed by atoms with E-state index in [1.165, 1.54) is 6.07 Å². The lowest BCUT2D eigenvalue weighted by Crippen LogP contribution is -2.15. The number of nitrogens with two attached hydrogens (primary N) is 1. The summed E-state index contributed by atoms with van der Waals surface area (Å²) in [6, 6.07) is 10.3. The summed E-state index contributed by atoms with van der Waals surface area (Å²) in [6.07, 6.45) is 0.368. The molecule has 0 radical (unpaired) electrons. The van der Waals surface area contributed by atoms with E-state index in [0.717, 1.165) is 15.6 Å². The number of aryl methyl sites for hydroxylation is 1. The Morgan fingerprint density at radius 3 is 2.68 bits per heavy atom. The van der Waals surface area contributed by atoms with E-state index in [1.807, 2.05) is 25.1 Å². The van der Waals surface area contributed by atoms with Gasteiger partial charge in [0.2, 0.25) is 0 Å². The molecule has 0 aliphatic carbocycles. The zero-order chi connectivity index (χ0) is 14.0. The largest absolute Gasteiger partial charge is 0.324 e. The van der Waals surface area contributed by atoms with Gasteiger partial charge in [-0.2, -0.15) is 0 Å². The van der Waals surface area contributed by atoms with Crippen molar-refractivity contribution < 1.29 is 4.39 Å². The molecule has 1 unspecified atom stereocenters. The average Bonchev–Trinajstić information content (AvgIpc) is 2.33. The van der Waals surface area contributed by atoms with Crippen molar-refractivity contribution in [1.29, 1.82) is 0 Å². The van der Waals surface area contributed by atoms with Gasteiger partial charge in [-0.15, -0.1) is 0 Å². The van der Waals surface area contributed by atoms with Gasteiger partial charge in [0, 0.05) is 21.1 Å². The molecule has 1 atom stereocenters. The fourth-order valence-corrected chi connectivity index (χ4v) is 3.02. The molecule has 4 heteroatoms. The summed E-state index contributed by atoms with van der Waals surface area (Å²) in [5, 5.41) is 0.415. The number of hydrogen-bond acceptors (Lipinski definition) is 1. The van der Waals surface area contributed by atoms with Gasteiger partial charge in [0.05, 0.1) is 0 Å². The minimum Gasteiger partial charge on any atom is -0.324 e. The van der Waals surface area contributed by atoms with Gasteiger partial charge in [-0.3, -0.25) is 0 Å². The fraction of sp³-hybridized carbons (Fsp3) is 0.200. The Labute approximate surface area is 125 Å². The van der Waals surface area contributed by atoms with Crippen LogP contribution >= 0.6 is 27.5 Å². The normalized spacial score (nSPS) is 12.5. The fourth-order valence-electron chi connectivity index (χ4n) is 1.99. The molecule has 19 heavy (non-hydrogen) atoms. The molecule has 0 heterocycles. The van der Waals surface area contributed by atoms with E-state index in [-0.39, 0.29) is 11.9 Å². The second-order valence-corrected chi connectivity index (χ2v) is 5.80. The van der Waals surface area contributed by atoms with Gasteiger partial charge < -0.3 is 5.73 Å². The van der Waals surface area contributed by atoms with Crippen LogP contribution in [0.1, 0.15) is 22.7 Å². The van der Waals surface area contributed by atoms with Gasteiger partial charge in [-0.25, -0.2) is 4.39 Å². The van der Waals surface area contributed by atoms with E-state index in [2.05, 4.69) is 15.9 Å². The molecule has 0 fully saturated rings. The molecule has 0 aliphatic heterocycles. The molecule has 2 aromatic rings. The van der Waals surface area contributed by atoms with Crippen LogP contribution < -0.4 is 5.73 Å². The summed E-state index contributed by atoms with van der Waals surface area (Å²) in [7, 11) is 0. The maximum absolute atomic E-state index is 13.7. The first-order valence-corrected chi connectivity index (χ1v) is 7.10. The zero-order valence-electron chi connectivity index (χ0n) is 10.5. The molecule has 0 bridgehead atoms. The Balaban J connectivity index is 2.28. The second-order valence-electron chi connectivity index (χ2n) is 4.54. The standard InChI is InChI=1S/C15H14BrClFN/c1-9-5-6-10(12(16)7-9)15(19)8-11-13(17)3-2-4-14(11)18/h2-7,15H,8,19H2,1H3. The summed E-state index contributed by atoms with van der Waals surface area (Å²) >= 11 is 9.51. The molecule has 0 aliphatic rings. The van der Waals surface area contributed by atoms with Crippen molar-refractivity contribution >= 4 is 27.5 Å². The zero-order valence-corrected chi connectivity index (χ0v) is 12.8. The van der Waals surface area contributed by atoms with Crippen LogP contribution in [-0.4, -0.2) is 0 Å². The van der Waals surface area contributed by atoms with E-state index in [4.69, 9.17) is 17.3 Å². The quantitative estimate of drug-likeness (QED) is 0.852. The Morgan fingerprint density at radius 2 is 2.05 bits per heavy atom. The molecule has 0 saturated heterocycles. The van der Waals surface area contributed by atoms with E-state index >= 15 is 0 Å². The van der Waals surface area contributed by atoms with Gasteiger partial charge in [0.1, 0.15) is 5.82 Å². The number of benzene rings is 2. The summed E-state index contributed by atoms with van der Waals surface area (Å²) in [5.74, 6) is -0.314. The highest BCUT2D eigenvalue weighted by Crippen LogP contribution is 2.28. The van der Waals surface area contributed by atoms with Crippen molar-refractivity contribution in [2.45, 2.75) is 19.4 Å². The molecule has 0 spiro atoms. The summed E-state index contributed by atoms with van der Waals surface area (Å²) < 4.78 is 14.7. The Hall–Kier alpha value is -0.900. The summed E-state index contributed by atoms with van der Waals surface area (Å²) in [6.45, 7) is 2.01. The first-order chi connectivity index (χ1) is 8.99. The Kier molecular flexibility index (Phi) is 4.61. The third-order valence-corrected chi connectivity index (χ3v) is 4.08. The number of halogens is 3. The molecule has 2 N–H and O–H groups in total. The highest BCUT2D eigenvalue weighted by atomic mass is 79.9. The first kappa shape index (κ1) is 14.5. The van der Waals surface area contributed by atoms with Gasteiger partial charge in [0.15, 0.2) is 0 Å². The highest BCUT2D eigenvalue weighted by Gasteiger charge is 2.15. The van der Waals surface area contributed by atoms with Gasteiger partial charge in [0.25, 0.3) is 0 Å². The molecular formula is C15H14BrClFN. The van der Waals surface area contributed by atoms with Crippen LogP contribution in [0.5, 0.6) is 0 Å². The minimum atomic E-state index is -0.314. The van der Waals surface area contributed by atoms with Crippen molar-refractivity contribution in [2.24, 2.45) is 5.73 Å². The van der Waals surface area contributed by atoms with Crippen LogP contribution in [0.3, 0.4) is 0 Å². The van der Waals surface area contributed by atoms with Crippen molar-refractivity contribution in [1.82, 2.24) is 0 Å². The minimum absolute atomic E-state index is 0.302. The van der Waals surface area contributed by atoms with Crippen LogP contribution in [0.2, 0.25) is 5.02 Å². The predicted molar refractivity (Wildman–Crippen MR) is 80.9 cm³/mol. The first-order valence-electron chi connectivity index (χ1n) is 5.93. The van der Waals surface area contributed by atoms with Gasteiger partial charge in [-0.05, 0) is 42.7 Å². The Morgan fingerprint density at radius 1 is 1.32 bits per heavy atom. The number of hydrogen-bond donors (Lipinski definition) is 1. The SMILES string of the molecule is Cc1ccc(C(N)Cc2c(F)cccc2Cl)c(Br)c1. The lowest BCUT2D eigenvalue weighted by atomic mass is 9.98. The lowest BCUT2D eigenvalue weighted by molar-refractivity contribution is 0.593. The van der Waals surface area contributed by atoms with E-state index in [0.29, 0.717) is 17.0 Å². The molecule has 0 aromatic heterocycles. The average molecular weight is 343 g/mol. The Bertz CT molecular complexity index is 580. The smallest absolute Gasteiger partial charge is 0.127 e. The van der Waals surface area contributed by atoms with Crippen LogP contribution in [0.25, 0.3) is 0 Å². The van der Waals surface area contributed by atoms with E-state index in [1.54, 1.807) is 12.1 Å². The molecule has 2 aromatic carbocycles. The summed E-state index contributed by atoms with van der Waals surface area (Å²) in [5.41, 5.74) is 8.72. The highest BCUT2D eigenvalue weighted by molar-refractivity contribution is 9.10.